The van der Waals surface area contributed by atoms with E-state index in [1.165, 1.54) is 6.08 Å². The first kappa shape index (κ1) is 16.3. The molecule has 3 N–H and O–H groups in total. The standard InChI is InChI=1S/C6H12O3S.C3H5NO/c1-3-5-6(4-2)10(7,8)9;1-2-3(4)5/h3,6H,1,4-5H2,2H3,(H,7,8,9);2H,1H2,(H2,4,5). The third-order valence-electron chi connectivity index (χ3n) is 1.51. The van der Waals surface area contributed by atoms with Crippen molar-refractivity contribution >= 4 is 16.0 Å². The molecule has 15 heavy (non-hydrogen) atoms. The molecule has 0 bridgehead atoms. The van der Waals surface area contributed by atoms with Crippen LogP contribution in [0.2, 0.25) is 0 Å². The molecule has 5 nitrogen and oxygen atoms in total. The second-order valence-corrected chi connectivity index (χ2v) is 4.37. The maximum absolute atomic E-state index is 10.5. The van der Waals surface area contributed by atoms with Gasteiger partial charge in [-0.3, -0.25) is 9.35 Å². The number of carbonyl (C=O) groups excluding carboxylic acids is 1. The molecule has 0 aliphatic rings. The average molecular weight is 235 g/mol. The second kappa shape index (κ2) is 8.19. The molecule has 0 saturated heterocycles. The lowest BCUT2D eigenvalue weighted by Crippen LogP contribution is -2.18. The lowest BCUT2D eigenvalue weighted by Gasteiger charge is -2.06. The van der Waals surface area contributed by atoms with Gasteiger partial charge < -0.3 is 5.73 Å². The van der Waals surface area contributed by atoms with Crippen LogP contribution in [-0.4, -0.2) is 24.1 Å². The lowest BCUT2D eigenvalue weighted by atomic mass is 10.2. The molecule has 88 valence electrons. The van der Waals surface area contributed by atoms with Crippen molar-refractivity contribution in [1.29, 1.82) is 0 Å². The van der Waals surface area contributed by atoms with E-state index in [1.807, 2.05) is 0 Å². The number of allylic oxidation sites excluding steroid dienone is 1. The Morgan fingerprint density at radius 2 is 1.93 bits per heavy atom. The van der Waals surface area contributed by atoms with Crippen LogP contribution in [0.1, 0.15) is 19.8 Å². The van der Waals surface area contributed by atoms with E-state index in [-0.39, 0.29) is 0 Å². The van der Waals surface area contributed by atoms with Gasteiger partial charge in [0.1, 0.15) is 0 Å². The Labute approximate surface area is 90.4 Å². The van der Waals surface area contributed by atoms with Crippen LogP contribution in [-0.2, 0) is 14.9 Å². The van der Waals surface area contributed by atoms with Gasteiger partial charge in [-0.25, -0.2) is 0 Å². The Bertz CT molecular complexity index is 308. The lowest BCUT2D eigenvalue weighted by molar-refractivity contribution is -0.113. The topological polar surface area (TPSA) is 97.5 Å². The summed E-state index contributed by atoms with van der Waals surface area (Å²) in [5.41, 5.74) is 4.53. The van der Waals surface area contributed by atoms with Crippen molar-refractivity contribution in [2.75, 3.05) is 0 Å². The summed E-state index contributed by atoms with van der Waals surface area (Å²) >= 11 is 0. The summed E-state index contributed by atoms with van der Waals surface area (Å²) in [5.74, 6) is -0.481. The molecule has 0 aromatic rings. The highest BCUT2D eigenvalue weighted by molar-refractivity contribution is 7.86. The van der Waals surface area contributed by atoms with Gasteiger partial charge in [-0.1, -0.05) is 19.6 Å². The van der Waals surface area contributed by atoms with E-state index in [9.17, 15) is 13.2 Å². The van der Waals surface area contributed by atoms with E-state index in [1.54, 1.807) is 6.92 Å². The minimum absolute atomic E-state index is 0.315. The van der Waals surface area contributed by atoms with Crippen LogP contribution in [0.4, 0.5) is 0 Å². The third-order valence-corrected chi connectivity index (χ3v) is 2.88. The van der Waals surface area contributed by atoms with E-state index in [0.29, 0.717) is 12.8 Å². The molecule has 0 aromatic heterocycles. The Kier molecular flexibility index (Phi) is 8.90. The molecule has 0 spiro atoms. The molecule has 1 unspecified atom stereocenters. The van der Waals surface area contributed by atoms with Crippen molar-refractivity contribution < 1.29 is 17.8 Å². The third kappa shape index (κ3) is 10.8. The fourth-order valence-electron chi connectivity index (χ4n) is 0.685. The summed E-state index contributed by atoms with van der Waals surface area (Å²) in [4.78, 5) is 9.47. The first-order valence-electron chi connectivity index (χ1n) is 4.28. The Morgan fingerprint density at radius 1 is 1.53 bits per heavy atom. The van der Waals surface area contributed by atoms with Crippen molar-refractivity contribution in [2.24, 2.45) is 5.73 Å². The van der Waals surface area contributed by atoms with E-state index in [0.717, 1.165) is 6.08 Å². The summed E-state index contributed by atoms with van der Waals surface area (Å²) in [6.07, 6.45) is 3.28. The highest BCUT2D eigenvalue weighted by Gasteiger charge is 2.18. The number of nitrogens with two attached hydrogens (primary N) is 1. The monoisotopic (exact) mass is 235 g/mol. The van der Waals surface area contributed by atoms with E-state index < -0.39 is 21.3 Å². The van der Waals surface area contributed by atoms with Crippen LogP contribution in [0.15, 0.2) is 25.3 Å². The van der Waals surface area contributed by atoms with Gasteiger partial charge in [0.2, 0.25) is 5.91 Å². The normalized spacial score (nSPS) is 11.9. The molecule has 0 aliphatic heterocycles. The summed E-state index contributed by atoms with van der Waals surface area (Å²) in [5, 5.41) is -0.676. The highest BCUT2D eigenvalue weighted by Crippen LogP contribution is 2.08. The summed E-state index contributed by atoms with van der Waals surface area (Å²) in [6, 6.07) is 0. The minimum atomic E-state index is -3.85. The maximum Gasteiger partial charge on any atom is 0.268 e. The van der Waals surface area contributed by atoms with Crippen LogP contribution in [0, 0.1) is 0 Å². The summed E-state index contributed by atoms with van der Waals surface area (Å²) in [6.45, 7) is 8.18. The second-order valence-electron chi connectivity index (χ2n) is 2.68. The molecule has 1 amide bonds. The molecule has 6 heteroatoms. The van der Waals surface area contributed by atoms with Gasteiger partial charge in [-0.05, 0) is 18.9 Å². The molecule has 0 radical (unpaired) electrons. The molecular weight excluding hydrogens is 218 g/mol. The zero-order chi connectivity index (χ0) is 12.5. The molecule has 0 rings (SSSR count). The molecule has 0 fully saturated rings. The summed E-state index contributed by atoms with van der Waals surface area (Å²) in [7, 11) is -3.85. The highest BCUT2D eigenvalue weighted by atomic mass is 32.2. The fraction of sp³-hybridized carbons (Fsp3) is 0.444. The maximum atomic E-state index is 10.5. The van der Waals surface area contributed by atoms with Crippen LogP contribution in [0.25, 0.3) is 0 Å². The number of rotatable bonds is 5. The first-order chi connectivity index (χ1) is 6.79. The fourth-order valence-corrected chi connectivity index (χ4v) is 1.49. The number of hydrogen-bond acceptors (Lipinski definition) is 3. The van der Waals surface area contributed by atoms with Gasteiger partial charge in [-0.2, -0.15) is 8.42 Å². The van der Waals surface area contributed by atoms with Crippen molar-refractivity contribution in [1.82, 2.24) is 0 Å². The largest absolute Gasteiger partial charge is 0.366 e. The summed E-state index contributed by atoms with van der Waals surface area (Å²) < 4.78 is 29.5. The number of hydrogen-bond donors (Lipinski definition) is 2. The van der Waals surface area contributed by atoms with Crippen molar-refractivity contribution in [3.05, 3.63) is 25.3 Å². The zero-order valence-corrected chi connectivity index (χ0v) is 9.53. The van der Waals surface area contributed by atoms with E-state index >= 15 is 0 Å². The number of primary amides is 1. The average Bonchev–Trinajstić information content (AvgIpc) is 2.13. The minimum Gasteiger partial charge on any atom is -0.366 e. The number of carbonyl (C=O) groups is 1. The van der Waals surface area contributed by atoms with Crippen molar-refractivity contribution in [2.45, 2.75) is 25.0 Å². The molecule has 0 aliphatic carbocycles. The molecule has 0 saturated carbocycles. The van der Waals surface area contributed by atoms with Crippen LogP contribution < -0.4 is 5.73 Å². The van der Waals surface area contributed by atoms with Gasteiger partial charge in [0.05, 0.1) is 5.25 Å². The quantitative estimate of drug-likeness (QED) is 0.420. The SMILES string of the molecule is C=CC(N)=O.C=CCC(CC)S(=O)(=O)O. The Morgan fingerprint density at radius 3 is 2.00 bits per heavy atom. The van der Waals surface area contributed by atoms with Crippen LogP contribution in [0.3, 0.4) is 0 Å². The predicted molar refractivity (Wildman–Crippen MR) is 59.8 cm³/mol. The molecule has 1 atom stereocenters. The van der Waals surface area contributed by atoms with E-state index in [4.69, 9.17) is 4.55 Å². The zero-order valence-electron chi connectivity index (χ0n) is 8.72. The molecule has 0 aromatic carbocycles. The van der Waals surface area contributed by atoms with E-state index in [2.05, 4.69) is 18.9 Å². The number of amides is 1. The Balaban J connectivity index is 0. The molecule has 0 heterocycles. The van der Waals surface area contributed by atoms with Gasteiger partial charge >= 0.3 is 0 Å². The molecular formula is C9H17NO4S. The van der Waals surface area contributed by atoms with Crippen LogP contribution in [0.5, 0.6) is 0 Å². The first-order valence-corrected chi connectivity index (χ1v) is 5.78. The predicted octanol–water partition coefficient (Wildman–Crippen LogP) is 0.887. The Hall–Kier alpha value is -1.14. The van der Waals surface area contributed by atoms with Crippen molar-refractivity contribution in [3.8, 4) is 0 Å². The van der Waals surface area contributed by atoms with Gasteiger partial charge in [0, 0.05) is 0 Å². The van der Waals surface area contributed by atoms with Gasteiger partial charge in [0.15, 0.2) is 0 Å². The van der Waals surface area contributed by atoms with Gasteiger partial charge in [0.25, 0.3) is 10.1 Å². The smallest absolute Gasteiger partial charge is 0.268 e. The van der Waals surface area contributed by atoms with Crippen molar-refractivity contribution in [3.63, 3.8) is 0 Å². The van der Waals surface area contributed by atoms with Gasteiger partial charge in [-0.15, -0.1) is 6.58 Å². The van der Waals surface area contributed by atoms with Crippen LogP contribution >= 0.6 is 0 Å².